The van der Waals surface area contributed by atoms with Gasteiger partial charge in [-0.1, -0.05) is 36.4 Å². The van der Waals surface area contributed by atoms with E-state index in [9.17, 15) is 14.7 Å². The zero-order valence-corrected chi connectivity index (χ0v) is 13.2. The summed E-state index contributed by atoms with van der Waals surface area (Å²) in [5, 5.41) is 9.40. The van der Waals surface area contributed by atoms with Crippen LogP contribution in [0.1, 0.15) is 44.1 Å². The number of esters is 1. The van der Waals surface area contributed by atoms with Gasteiger partial charge in [-0.3, -0.25) is 4.79 Å². The second-order valence-corrected chi connectivity index (χ2v) is 6.87. The van der Waals surface area contributed by atoms with Crippen LogP contribution in [0.15, 0.2) is 42.5 Å². The van der Waals surface area contributed by atoms with Crippen LogP contribution in [0, 0.1) is 10.8 Å². The third kappa shape index (κ3) is 3.31. The molecule has 4 rings (SSSR count). The summed E-state index contributed by atoms with van der Waals surface area (Å²) in [6, 6.07) is 9.59. The van der Waals surface area contributed by atoms with E-state index in [2.05, 4.69) is 0 Å². The zero-order valence-electron chi connectivity index (χ0n) is 13.2. The second-order valence-electron chi connectivity index (χ2n) is 6.87. The molecule has 3 aliphatic carbocycles. The summed E-state index contributed by atoms with van der Waals surface area (Å²) < 4.78 is 5.26. The van der Waals surface area contributed by atoms with Crippen molar-refractivity contribution in [3.05, 3.63) is 48.0 Å². The molecule has 3 saturated carbocycles. The van der Waals surface area contributed by atoms with Crippen molar-refractivity contribution < 1.29 is 19.4 Å². The number of fused-ring (bicyclic) bond motifs is 3. The van der Waals surface area contributed by atoms with Crippen LogP contribution in [0.2, 0.25) is 0 Å². The molecule has 0 spiro atoms. The van der Waals surface area contributed by atoms with E-state index < -0.39 is 11.4 Å². The first kappa shape index (κ1) is 15.8. The van der Waals surface area contributed by atoms with E-state index >= 15 is 0 Å². The number of hydrogen-bond acceptors (Lipinski definition) is 3. The molecule has 1 aromatic carbocycles. The monoisotopic (exact) mass is 314 g/mol. The van der Waals surface area contributed by atoms with Gasteiger partial charge in [-0.15, -0.1) is 0 Å². The maximum absolute atomic E-state index is 11.9. The zero-order chi connectivity index (χ0) is 16.3. The third-order valence-corrected chi connectivity index (χ3v) is 5.55. The number of rotatable bonds is 5. The number of carbonyl (C=O) groups excluding carboxylic acids is 1. The number of aliphatic carboxylic acids is 1. The van der Waals surface area contributed by atoms with Crippen LogP contribution in [-0.4, -0.2) is 17.0 Å². The van der Waals surface area contributed by atoms with Gasteiger partial charge in [0.2, 0.25) is 0 Å². The molecule has 0 aromatic heterocycles. The van der Waals surface area contributed by atoms with Gasteiger partial charge in [0.25, 0.3) is 0 Å². The van der Waals surface area contributed by atoms with Crippen molar-refractivity contribution >= 4 is 11.9 Å². The molecule has 1 N–H and O–H groups in total. The van der Waals surface area contributed by atoms with Gasteiger partial charge in [0.15, 0.2) is 0 Å². The van der Waals surface area contributed by atoms with Crippen molar-refractivity contribution in [3.63, 3.8) is 0 Å². The maximum atomic E-state index is 11.9. The Labute approximate surface area is 136 Å². The molecule has 4 nitrogen and oxygen atoms in total. The van der Waals surface area contributed by atoms with Crippen molar-refractivity contribution in [1.82, 2.24) is 0 Å². The number of carboxylic acid groups (broad SMARTS) is 1. The smallest absolute Gasteiger partial charge is 0.330 e. The van der Waals surface area contributed by atoms with Crippen LogP contribution in [-0.2, 0) is 20.9 Å². The quantitative estimate of drug-likeness (QED) is 0.664. The van der Waals surface area contributed by atoms with E-state index in [0.717, 1.165) is 24.8 Å². The number of allylic oxidation sites excluding steroid dienone is 1. The molecule has 0 atom stereocenters. The molecule has 23 heavy (non-hydrogen) atoms. The summed E-state index contributed by atoms with van der Waals surface area (Å²) >= 11 is 0. The Kier molecular flexibility index (Phi) is 4.24. The first-order valence-corrected chi connectivity index (χ1v) is 8.17. The summed E-state index contributed by atoms with van der Waals surface area (Å²) in [6.45, 7) is 0.277. The fraction of sp³-hybridized carbons (Fsp3) is 0.474. The highest BCUT2D eigenvalue weighted by Crippen LogP contribution is 2.57. The third-order valence-electron chi connectivity index (χ3n) is 5.55. The average Bonchev–Trinajstić information content (AvgIpc) is 2.61. The SMILES string of the molecule is O=C(/C=C/C12CCC(C(=O)O)(CC1)CC2)OCc1ccccc1. The second kappa shape index (κ2) is 6.19. The highest BCUT2D eigenvalue weighted by Gasteiger charge is 2.51. The Hall–Kier alpha value is -2.10. The predicted octanol–water partition coefficient (Wildman–Crippen LogP) is 3.71. The fourth-order valence-corrected chi connectivity index (χ4v) is 3.81. The largest absolute Gasteiger partial charge is 0.481 e. The Bertz CT molecular complexity index is 593. The number of carboxylic acids is 1. The van der Waals surface area contributed by atoms with Gasteiger partial charge in [0, 0.05) is 6.08 Å². The molecule has 0 aliphatic heterocycles. The van der Waals surface area contributed by atoms with Crippen molar-refractivity contribution in [2.45, 2.75) is 45.1 Å². The van der Waals surface area contributed by atoms with Gasteiger partial charge in [-0.05, 0) is 49.5 Å². The van der Waals surface area contributed by atoms with Crippen molar-refractivity contribution in [2.75, 3.05) is 0 Å². The van der Waals surface area contributed by atoms with Crippen LogP contribution in [0.5, 0.6) is 0 Å². The molecule has 0 unspecified atom stereocenters. The van der Waals surface area contributed by atoms with Gasteiger partial charge >= 0.3 is 11.9 Å². The van der Waals surface area contributed by atoms with Crippen LogP contribution < -0.4 is 0 Å². The lowest BCUT2D eigenvalue weighted by Gasteiger charge is -2.50. The van der Waals surface area contributed by atoms with E-state index in [0.29, 0.717) is 19.3 Å². The summed E-state index contributed by atoms with van der Waals surface area (Å²) in [4.78, 5) is 23.3. The standard InChI is InChI=1S/C19H22O4/c20-16(23-14-15-4-2-1-3-5-15)6-7-18-8-11-19(12-9-18,13-10-18)17(21)22/h1-7H,8-14H2,(H,21,22)/b7-6+. The van der Waals surface area contributed by atoms with Crippen molar-refractivity contribution in [3.8, 4) is 0 Å². The molecule has 3 fully saturated rings. The van der Waals surface area contributed by atoms with E-state index in [1.165, 1.54) is 6.08 Å². The summed E-state index contributed by atoms with van der Waals surface area (Å²) in [5.41, 5.74) is 0.445. The van der Waals surface area contributed by atoms with Crippen molar-refractivity contribution in [1.29, 1.82) is 0 Å². The predicted molar refractivity (Wildman–Crippen MR) is 85.6 cm³/mol. The Morgan fingerprint density at radius 1 is 1.04 bits per heavy atom. The van der Waals surface area contributed by atoms with E-state index in [1.807, 2.05) is 36.4 Å². The van der Waals surface area contributed by atoms with Gasteiger partial charge in [0.1, 0.15) is 6.61 Å². The van der Waals surface area contributed by atoms with E-state index in [4.69, 9.17) is 4.74 Å². The molecular formula is C19H22O4. The lowest BCUT2D eigenvalue weighted by molar-refractivity contribution is -0.157. The topological polar surface area (TPSA) is 63.6 Å². The van der Waals surface area contributed by atoms with Gasteiger partial charge in [-0.25, -0.2) is 4.79 Å². The molecule has 0 saturated heterocycles. The molecule has 1 aromatic rings. The van der Waals surface area contributed by atoms with Crippen LogP contribution >= 0.6 is 0 Å². The van der Waals surface area contributed by atoms with Crippen LogP contribution in [0.25, 0.3) is 0 Å². The minimum absolute atomic E-state index is 0.0109. The number of ether oxygens (including phenoxy) is 1. The van der Waals surface area contributed by atoms with E-state index in [-0.39, 0.29) is 18.0 Å². The lowest BCUT2D eigenvalue weighted by atomic mass is 9.54. The van der Waals surface area contributed by atoms with E-state index in [1.54, 1.807) is 0 Å². The molecule has 2 bridgehead atoms. The van der Waals surface area contributed by atoms with Gasteiger partial charge in [0.05, 0.1) is 5.41 Å². The minimum Gasteiger partial charge on any atom is -0.481 e. The van der Waals surface area contributed by atoms with Crippen LogP contribution in [0.3, 0.4) is 0 Å². The fourth-order valence-electron chi connectivity index (χ4n) is 3.81. The molecule has 4 heteroatoms. The van der Waals surface area contributed by atoms with Gasteiger partial charge in [-0.2, -0.15) is 0 Å². The molecule has 0 amide bonds. The number of hydrogen-bond donors (Lipinski definition) is 1. The highest BCUT2D eigenvalue weighted by molar-refractivity contribution is 5.82. The summed E-state index contributed by atoms with van der Waals surface area (Å²) in [6.07, 6.45) is 8.18. The number of benzene rings is 1. The maximum Gasteiger partial charge on any atom is 0.330 e. The first-order chi connectivity index (χ1) is 11.0. The first-order valence-electron chi connectivity index (χ1n) is 8.17. The molecule has 122 valence electrons. The minimum atomic E-state index is -0.656. The number of carbonyl (C=O) groups is 2. The molecule has 3 aliphatic rings. The highest BCUT2D eigenvalue weighted by atomic mass is 16.5. The summed E-state index contributed by atoms with van der Waals surface area (Å²) in [5.74, 6) is -0.985. The molecule has 0 radical (unpaired) electrons. The van der Waals surface area contributed by atoms with Crippen LogP contribution in [0.4, 0.5) is 0 Å². The summed E-state index contributed by atoms with van der Waals surface area (Å²) in [7, 11) is 0. The normalized spacial score (nSPS) is 29.6. The van der Waals surface area contributed by atoms with Gasteiger partial charge < -0.3 is 9.84 Å². The average molecular weight is 314 g/mol. The molecule has 0 heterocycles. The Balaban J connectivity index is 1.54. The van der Waals surface area contributed by atoms with Crippen molar-refractivity contribution in [2.24, 2.45) is 10.8 Å². The Morgan fingerprint density at radius 3 is 2.22 bits per heavy atom. The lowest BCUT2D eigenvalue weighted by Crippen LogP contribution is -2.45. The Morgan fingerprint density at radius 2 is 1.65 bits per heavy atom. The molecular weight excluding hydrogens is 292 g/mol.